The molecule has 3 rings (SSSR count). The van der Waals surface area contributed by atoms with Gasteiger partial charge in [0.05, 0.1) is 28.7 Å². The molecule has 0 unspecified atom stereocenters. The van der Waals surface area contributed by atoms with Gasteiger partial charge in [-0.15, -0.1) is 0 Å². The van der Waals surface area contributed by atoms with Gasteiger partial charge in [0.1, 0.15) is 5.69 Å². The molecule has 1 aromatic carbocycles. The van der Waals surface area contributed by atoms with Gasteiger partial charge < -0.3 is 15.0 Å². The van der Waals surface area contributed by atoms with Crippen LogP contribution in [0.15, 0.2) is 30.3 Å². The van der Waals surface area contributed by atoms with Crippen molar-refractivity contribution in [1.29, 1.82) is 0 Å². The summed E-state index contributed by atoms with van der Waals surface area (Å²) in [7, 11) is 0. The number of esters is 1. The smallest absolute Gasteiger partial charge is 0.340 e. The molecule has 0 aliphatic heterocycles. The molecular formula is C22H26N4O3. The van der Waals surface area contributed by atoms with Crippen LogP contribution in [0.3, 0.4) is 0 Å². The first-order valence-corrected chi connectivity index (χ1v) is 9.53. The van der Waals surface area contributed by atoms with Crippen LogP contribution in [-0.2, 0) is 4.74 Å². The van der Waals surface area contributed by atoms with Crippen LogP contribution >= 0.6 is 0 Å². The molecule has 0 aliphatic rings. The Kier molecular flexibility index (Phi) is 5.59. The molecule has 0 aliphatic carbocycles. The molecule has 0 bridgehead atoms. The largest absolute Gasteiger partial charge is 0.459 e. The SMILES string of the molecule is Cc1cc(C)n(-c2ccccc2NC(=O)c2[nH]c(C)c(C(=O)OC(C)C)c2C)n1. The highest BCUT2D eigenvalue weighted by Crippen LogP contribution is 2.24. The van der Waals surface area contributed by atoms with Gasteiger partial charge in [-0.1, -0.05) is 12.1 Å². The first-order valence-electron chi connectivity index (χ1n) is 9.53. The molecule has 2 aromatic heterocycles. The number of H-pyrrole nitrogens is 1. The van der Waals surface area contributed by atoms with Gasteiger partial charge in [0.15, 0.2) is 0 Å². The van der Waals surface area contributed by atoms with Crippen molar-refractivity contribution in [2.75, 3.05) is 5.32 Å². The summed E-state index contributed by atoms with van der Waals surface area (Å²) >= 11 is 0. The zero-order valence-corrected chi connectivity index (χ0v) is 17.6. The third-order valence-electron chi connectivity index (χ3n) is 4.60. The van der Waals surface area contributed by atoms with E-state index in [1.54, 1.807) is 32.4 Å². The van der Waals surface area contributed by atoms with Gasteiger partial charge in [-0.05, 0) is 65.3 Å². The molecule has 2 heterocycles. The topological polar surface area (TPSA) is 89.0 Å². The summed E-state index contributed by atoms with van der Waals surface area (Å²) in [6.45, 7) is 11.0. The molecule has 152 valence electrons. The number of hydrogen-bond acceptors (Lipinski definition) is 4. The standard InChI is InChI=1S/C22H26N4O3/c1-12(2)29-22(28)19-15(5)20(23-16(19)6)21(27)24-17-9-7-8-10-18(17)26-14(4)11-13(3)25-26/h7-12,23H,1-6H3,(H,24,27). The molecule has 0 atom stereocenters. The van der Waals surface area contributed by atoms with Crippen LogP contribution in [0.1, 0.15) is 57.3 Å². The highest BCUT2D eigenvalue weighted by molar-refractivity contribution is 6.07. The Morgan fingerprint density at radius 2 is 1.83 bits per heavy atom. The third kappa shape index (κ3) is 4.08. The fourth-order valence-electron chi connectivity index (χ4n) is 3.38. The third-order valence-corrected chi connectivity index (χ3v) is 4.60. The Balaban J connectivity index is 1.93. The van der Waals surface area contributed by atoms with E-state index in [-0.39, 0.29) is 12.0 Å². The van der Waals surface area contributed by atoms with Crippen LogP contribution in [-0.4, -0.2) is 32.7 Å². The lowest BCUT2D eigenvalue weighted by Crippen LogP contribution is -2.16. The highest BCUT2D eigenvalue weighted by atomic mass is 16.5. The van der Waals surface area contributed by atoms with Crippen molar-refractivity contribution >= 4 is 17.6 Å². The van der Waals surface area contributed by atoms with Crippen LogP contribution in [0.2, 0.25) is 0 Å². The van der Waals surface area contributed by atoms with E-state index in [2.05, 4.69) is 15.4 Å². The van der Waals surface area contributed by atoms with Gasteiger partial charge in [-0.2, -0.15) is 5.10 Å². The summed E-state index contributed by atoms with van der Waals surface area (Å²) in [5, 5.41) is 7.44. The summed E-state index contributed by atoms with van der Waals surface area (Å²) in [6.07, 6.45) is -0.235. The molecular weight excluding hydrogens is 368 g/mol. The monoisotopic (exact) mass is 394 g/mol. The van der Waals surface area contributed by atoms with Crippen molar-refractivity contribution < 1.29 is 14.3 Å². The summed E-state index contributed by atoms with van der Waals surface area (Å²) in [5.74, 6) is -0.767. The average Bonchev–Trinajstić information content (AvgIpc) is 3.12. The number of aryl methyl sites for hydroxylation is 3. The summed E-state index contributed by atoms with van der Waals surface area (Å²) in [6, 6.07) is 9.44. The van der Waals surface area contributed by atoms with E-state index >= 15 is 0 Å². The van der Waals surface area contributed by atoms with Crippen LogP contribution in [0.4, 0.5) is 5.69 Å². The fourth-order valence-corrected chi connectivity index (χ4v) is 3.38. The van der Waals surface area contributed by atoms with E-state index in [4.69, 9.17) is 4.74 Å². The summed E-state index contributed by atoms with van der Waals surface area (Å²) in [5.41, 5.74) is 5.16. The maximum absolute atomic E-state index is 13.0. The number of benzene rings is 1. The van der Waals surface area contributed by atoms with Gasteiger partial charge in [-0.3, -0.25) is 4.79 Å². The lowest BCUT2D eigenvalue weighted by atomic mass is 10.1. The zero-order valence-electron chi connectivity index (χ0n) is 17.6. The van der Waals surface area contributed by atoms with Gasteiger partial charge in [-0.25, -0.2) is 9.48 Å². The first-order chi connectivity index (χ1) is 13.7. The number of aromatic amines is 1. The van der Waals surface area contributed by atoms with Crippen molar-refractivity contribution in [1.82, 2.24) is 14.8 Å². The van der Waals surface area contributed by atoms with Gasteiger partial charge in [0, 0.05) is 11.4 Å². The van der Waals surface area contributed by atoms with Crippen LogP contribution < -0.4 is 5.32 Å². The minimum Gasteiger partial charge on any atom is -0.459 e. The van der Waals surface area contributed by atoms with Crippen molar-refractivity contribution in [2.24, 2.45) is 0 Å². The molecule has 1 amide bonds. The Bertz CT molecular complexity index is 1080. The number of amides is 1. The normalized spacial score (nSPS) is 11.0. The maximum Gasteiger partial charge on any atom is 0.340 e. The average molecular weight is 394 g/mol. The van der Waals surface area contributed by atoms with Crippen molar-refractivity contribution in [3.8, 4) is 5.69 Å². The second-order valence-corrected chi connectivity index (χ2v) is 7.39. The van der Waals surface area contributed by atoms with Gasteiger partial charge in [0.25, 0.3) is 5.91 Å². The summed E-state index contributed by atoms with van der Waals surface area (Å²) in [4.78, 5) is 28.4. The molecule has 0 fully saturated rings. The molecule has 0 saturated heterocycles. The molecule has 0 radical (unpaired) electrons. The number of carbonyl (C=O) groups is 2. The number of nitrogens with one attached hydrogen (secondary N) is 2. The van der Waals surface area contributed by atoms with Crippen LogP contribution in [0, 0.1) is 27.7 Å². The molecule has 3 aromatic rings. The van der Waals surface area contributed by atoms with Crippen molar-refractivity contribution in [3.05, 3.63) is 64.2 Å². The Labute approximate surface area is 170 Å². The Morgan fingerprint density at radius 3 is 2.45 bits per heavy atom. The first kappa shape index (κ1) is 20.4. The molecule has 2 N–H and O–H groups in total. The Hall–Kier alpha value is -3.35. The van der Waals surface area contributed by atoms with E-state index in [9.17, 15) is 9.59 Å². The molecule has 7 heteroatoms. The molecule has 29 heavy (non-hydrogen) atoms. The minimum absolute atomic E-state index is 0.235. The number of nitrogens with zero attached hydrogens (tertiary/aromatic N) is 2. The lowest BCUT2D eigenvalue weighted by molar-refractivity contribution is 0.0376. The number of hydrogen-bond donors (Lipinski definition) is 2. The van der Waals surface area contributed by atoms with Gasteiger partial charge in [0.2, 0.25) is 0 Å². The van der Waals surface area contributed by atoms with E-state index in [0.717, 1.165) is 17.1 Å². The number of ether oxygens (including phenoxy) is 1. The van der Waals surface area contributed by atoms with Crippen molar-refractivity contribution in [2.45, 2.75) is 47.6 Å². The molecule has 7 nitrogen and oxygen atoms in total. The van der Waals surface area contributed by atoms with Crippen LogP contribution in [0.25, 0.3) is 5.69 Å². The van der Waals surface area contributed by atoms with Gasteiger partial charge >= 0.3 is 5.97 Å². The second-order valence-electron chi connectivity index (χ2n) is 7.39. The number of rotatable bonds is 5. The number of carbonyl (C=O) groups excluding carboxylic acids is 2. The molecule has 0 spiro atoms. The predicted molar refractivity (Wildman–Crippen MR) is 112 cm³/mol. The van der Waals surface area contributed by atoms with Crippen LogP contribution in [0.5, 0.6) is 0 Å². The fraction of sp³-hybridized carbons (Fsp3) is 0.318. The number of anilines is 1. The van der Waals surface area contributed by atoms with Crippen molar-refractivity contribution in [3.63, 3.8) is 0 Å². The maximum atomic E-state index is 13.0. The zero-order chi connectivity index (χ0) is 21.3. The van der Waals surface area contributed by atoms with E-state index < -0.39 is 5.97 Å². The minimum atomic E-state index is -0.437. The predicted octanol–water partition coefficient (Wildman–Crippen LogP) is 4.25. The number of para-hydroxylation sites is 2. The summed E-state index contributed by atoms with van der Waals surface area (Å²) < 4.78 is 7.09. The molecule has 0 saturated carbocycles. The number of aromatic nitrogens is 3. The quantitative estimate of drug-likeness (QED) is 0.633. The van der Waals surface area contributed by atoms with E-state index in [1.807, 2.05) is 44.2 Å². The lowest BCUT2D eigenvalue weighted by Gasteiger charge is -2.12. The second kappa shape index (κ2) is 7.95. The van der Waals surface area contributed by atoms with E-state index in [1.165, 1.54) is 0 Å². The van der Waals surface area contributed by atoms with E-state index in [0.29, 0.717) is 28.2 Å². The Morgan fingerprint density at radius 1 is 1.14 bits per heavy atom. The highest BCUT2D eigenvalue weighted by Gasteiger charge is 2.24.